The molecule has 30 heavy (non-hydrogen) atoms. The number of carbonyl (C=O) groups is 2. The minimum atomic E-state index is -0.348. The van der Waals surface area contributed by atoms with E-state index >= 15 is 0 Å². The average Bonchev–Trinajstić information content (AvgIpc) is 3.26. The molecule has 0 unspecified atom stereocenters. The maximum atomic E-state index is 13.0. The number of rotatable bonds is 6. The van der Waals surface area contributed by atoms with Gasteiger partial charge < -0.3 is 20.1 Å². The second kappa shape index (κ2) is 8.61. The zero-order valence-corrected chi connectivity index (χ0v) is 16.9. The van der Waals surface area contributed by atoms with E-state index in [-0.39, 0.29) is 24.0 Å². The van der Waals surface area contributed by atoms with E-state index in [1.807, 2.05) is 6.07 Å². The third-order valence-electron chi connectivity index (χ3n) is 6.00. The van der Waals surface area contributed by atoms with Crippen LogP contribution in [0.4, 0.5) is 5.69 Å². The number of amides is 2. The highest BCUT2D eigenvalue weighted by Gasteiger charge is 2.35. The zero-order valence-electron chi connectivity index (χ0n) is 16.9. The Kier molecular flexibility index (Phi) is 5.74. The van der Waals surface area contributed by atoms with Crippen LogP contribution in [0.1, 0.15) is 48.0 Å². The summed E-state index contributed by atoms with van der Waals surface area (Å²) in [4.78, 5) is 24.7. The second-order valence-corrected chi connectivity index (χ2v) is 7.83. The molecule has 0 atom stereocenters. The van der Waals surface area contributed by atoms with Crippen molar-refractivity contribution in [2.45, 2.75) is 37.5 Å². The normalized spacial score (nSPS) is 16.5. The molecule has 156 valence electrons. The molecule has 1 heterocycles. The largest absolute Gasteiger partial charge is 0.454 e. The highest BCUT2D eigenvalue weighted by molar-refractivity contribution is 6.06. The van der Waals surface area contributed by atoms with Gasteiger partial charge in [0.25, 0.3) is 5.91 Å². The van der Waals surface area contributed by atoms with Gasteiger partial charge in [0.15, 0.2) is 11.5 Å². The topological polar surface area (TPSA) is 76.7 Å². The van der Waals surface area contributed by atoms with Gasteiger partial charge in [0.05, 0.1) is 11.3 Å². The third kappa shape index (κ3) is 4.03. The first-order valence-corrected chi connectivity index (χ1v) is 10.3. The molecular formula is C24H26N2O4. The SMILES string of the molecule is C=CC(=O)Nc1ccccc1C(=O)NCC1(c2ccc3c(c2)OCO3)CCCCC1. The van der Waals surface area contributed by atoms with E-state index in [1.54, 1.807) is 24.3 Å². The molecule has 0 radical (unpaired) electrons. The van der Waals surface area contributed by atoms with Gasteiger partial charge in [-0.05, 0) is 48.7 Å². The highest BCUT2D eigenvalue weighted by Crippen LogP contribution is 2.43. The molecule has 2 N–H and O–H groups in total. The Balaban J connectivity index is 1.55. The predicted molar refractivity (Wildman–Crippen MR) is 115 cm³/mol. The first kappa shape index (κ1) is 20.0. The second-order valence-electron chi connectivity index (χ2n) is 7.83. The van der Waals surface area contributed by atoms with Crippen molar-refractivity contribution in [3.63, 3.8) is 0 Å². The average molecular weight is 406 g/mol. The lowest BCUT2D eigenvalue weighted by molar-refractivity contribution is -0.111. The molecule has 6 heteroatoms. The van der Waals surface area contributed by atoms with Crippen molar-refractivity contribution < 1.29 is 19.1 Å². The van der Waals surface area contributed by atoms with Crippen LogP contribution < -0.4 is 20.1 Å². The fourth-order valence-electron chi connectivity index (χ4n) is 4.34. The summed E-state index contributed by atoms with van der Waals surface area (Å²) in [6.45, 7) is 4.23. The summed E-state index contributed by atoms with van der Waals surface area (Å²) in [5.41, 5.74) is 1.93. The van der Waals surface area contributed by atoms with E-state index in [4.69, 9.17) is 9.47 Å². The number of para-hydroxylation sites is 1. The fraction of sp³-hybridized carbons (Fsp3) is 0.333. The molecule has 1 aliphatic carbocycles. The summed E-state index contributed by atoms with van der Waals surface area (Å²) in [6, 6.07) is 13.1. The molecule has 2 aliphatic rings. The van der Waals surface area contributed by atoms with Gasteiger partial charge in [-0.15, -0.1) is 0 Å². The number of hydrogen-bond donors (Lipinski definition) is 2. The van der Waals surface area contributed by atoms with Crippen LogP contribution in [-0.2, 0) is 10.2 Å². The van der Waals surface area contributed by atoms with Crippen LogP contribution in [0.3, 0.4) is 0 Å². The van der Waals surface area contributed by atoms with Crippen LogP contribution in [0, 0.1) is 0 Å². The fourth-order valence-corrected chi connectivity index (χ4v) is 4.34. The lowest BCUT2D eigenvalue weighted by atomic mass is 9.69. The van der Waals surface area contributed by atoms with Crippen molar-refractivity contribution in [1.82, 2.24) is 5.32 Å². The summed E-state index contributed by atoms with van der Waals surface area (Å²) < 4.78 is 11.0. The van der Waals surface area contributed by atoms with Gasteiger partial charge in [0.2, 0.25) is 12.7 Å². The Labute approximate surface area is 176 Å². The lowest BCUT2D eigenvalue weighted by Crippen LogP contribution is -2.42. The van der Waals surface area contributed by atoms with E-state index in [0.29, 0.717) is 17.8 Å². The van der Waals surface area contributed by atoms with E-state index < -0.39 is 0 Å². The van der Waals surface area contributed by atoms with Gasteiger partial charge in [0.1, 0.15) is 0 Å². The van der Waals surface area contributed by atoms with Crippen LogP contribution in [0.5, 0.6) is 11.5 Å². The Morgan fingerprint density at radius 3 is 2.60 bits per heavy atom. The number of carbonyl (C=O) groups excluding carboxylic acids is 2. The Bertz CT molecular complexity index is 963. The smallest absolute Gasteiger partial charge is 0.253 e. The van der Waals surface area contributed by atoms with Crippen molar-refractivity contribution in [1.29, 1.82) is 0 Å². The first-order valence-electron chi connectivity index (χ1n) is 10.3. The van der Waals surface area contributed by atoms with E-state index in [2.05, 4.69) is 29.3 Å². The van der Waals surface area contributed by atoms with Crippen molar-refractivity contribution in [3.05, 3.63) is 66.2 Å². The summed E-state index contributed by atoms with van der Waals surface area (Å²) in [6.07, 6.45) is 6.64. The lowest BCUT2D eigenvalue weighted by Gasteiger charge is -2.38. The Morgan fingerprint density at radius 1 is 1.03 bits per heavy atom. The molecule has 4 rings (SSSR count). The maximum Gasteiger partial charge on any atom is 0.253 e. The quantitative estimate of drug-likeness (QED) is 0.706. The van der Waals surface area contributed by atoms with Gasteiger partial charge in [-0.1, -0.05) is 44.0 Å². The summed E-state index contributed by atoms with van der Waals surface area (Å²) >= 11 is 0. The van der Waals surface area contributed by atoms with Crippen LogP contribution in [0.25, 0.3) is 0 Å². The molecule has 2 amide bonds. The zero-order chi connectivity index (χ0) is 21.0. The minimum Gasteiger partial charge on any atom is -0.454 e. The van der Waals surface area contributed by atoms with Crippen LogP contribution in [0.15, 0.2) is 55.1 Å². The summed E-state index contributed by atoms with van der Waals surface area (Å²) in [5, 5.41) is 5.82. The van der Waals surface area contributed by atoms with Gasteiger partial charge in [-0.25, -0.2) is 0 Å². The molecule has 2 aromatic rings. The van der Waals surface area contributed by atoms with Crippen molar-refractivity contribution >= 4 is 17.5 Å². The molecule has 0 aromatic heterocycles. The van der Waals surface area contributed by atoms with Crippen LogP contribution >= 0.6 is 0 Å². The van der Waals surface area contributed by atoms with E-state index in [9.17, 15) is 9.59 Å². The maximum absolute atomic E-state index is 13.0. The number of hydrogen-bond acceptors (Lipinski definition) is 4. The predicted octanol–water partition coefficient (Wildman–Crippen LogP) is 4.17. The van der Waals surface area contributed by atoms with E-state index in [0.717, 1.165) is 37.2 Å². The molecule has 1 aliphatic heterocycles. The van der Waals surface area contributed by atoms with Crippen LogP contribution in [-0.4, -0.2) is 25.2 Å². The number of anilines is 1. The number of benzene rings is 2. The van der Waals surface area contributed by atoms with Crippen molar-refractivity contribution in [2.24, 2.45) is 0 Å². The molecule has 1 fully saturated rings. The Hall–Kier alpha value is -3.28. The molecule has 2 aromatic carbocycles. The number of nitrogens with one attached hydrogen (secondary N) is 2. The standard InChI is InChI=1S/C24H26N2O4/c1-2-22(27)26-19-9-5-4-8-18(19)23(28)25-15-24(12-6-3-7-13-24)17-10-11-20-21(14-17)30-16-29-20/h2,4-5,8-11,14H,1,3,6-7,12-13,15-16H2,(H,25,28)(H,26,27). The van der Waals surface area contributed by atoms with Gasteiger partial charge in [-0.2, -0.15) is 0 Å². The Morgan fingerprint density at radius 2 is 1.80 bits per heavy atom. The molecule has 6 nitrogen and oxygen atoms in total. The third-order valence-corrected chi connectivity index (χ3v) is 6.00. The van der Waals surface area contributed by atoms with Crippen molar-refractivity contribution in [2.75, 3.05) is 18.7 Å². The monoisotopic (exact) mass is 406 g/mol. The van der Waals surface area contributed by atoms with Crippen LogP contribution in [0.2, 0.25) is 0 Å². The van der Waals surface area contributed by atoms with Crippen molar-refractivity contribution in [3.8, 4) is 11.5 Å². The summed E-state index contributed by atoms with van der Waals surface area (Å²) in [5.74, 6) is 0.974. The molecule has 0 saturated heterocycles. The number of ether oxygens (including phenoxy) is 2. The highest BCUT2D eigenvalue weighted by atomic mass is 16.7. The summed E-state index contributed by atoms with van der Waals surface area (Å²) in [7, 11) is 0. The van der Waals surface area contributed by atoms with Gasteiger partial charge in [0, 0.05) is 12.0 Å². The molecular weight excluding hydrogens is 380 g/mol. The minimum absolute atomic E-state index is 0.145. The van der Waals surface area contributed by atoms with E-state index in [1.165, 1.54) is 18.1 Å². The molecule has 1 saturated carbocycles. The molecule has 0 bridgehead atoms. The number of fused-ring (bicyclic) bond motifs is 1. The molecule has 0 spiro atoms. The van der Waals surface area contributed by atoms with Gasteiger partial charge >= 0.3 is 0 Å². The first-order chi connectivity index (χ1) is 14.6. The van der Waals surface area contributed by atoms with Gasteiger partial charge in [-0.3, -0.25) is 9.59 Å².